The lowest BCUT2D eigenvalue weighted by molar-refractivity contribution is -0.120. The summed E-state index contributed by atoms with van der Waals surface area (Å²) >= 11 is 0. The molecule has 132 valence electrons. The van der Waals surface area contributed by atoms with E-state index in [0.29, 0.717) is 5.96 Å². The Morgan fingerprint density at radius 3 is 2.75 bits per heavy atom. The molecule has 6 heteroatoms. The molecule has 0 aliphatic carbocycles. The van der Waals surface area contributed by atoms with Crippen molar-refractivity contribution in [2.45, 2.75) is 51.8 Å². The van der Waals surface area contributed by atoms with Crippen molar-refractivity contribution in [2.24, 2.45) is 4.99 Å². The molecule has 1 aromatic rings. The van der Waals surface area contributed by atoms with E-state index in [1.54, 1.807) is 7.05 Å². The molecule has 6 nitrogen and oxygen atoms in total. The largest absolute Gasteiger partial charge is 0.487 e. The number of nitrogens with one attached hydrogen (secondary N) is 3. The van der Waals surface area contributed by atoms with E-state index < -0.39 is 0 Å². The lowest BCUT2D eigenvalue weighted by atomic mass is 9.90. The van der Waals surface area contributed by atoms with Gasteiger partial charge in [0.15, 0.2) is 5.96 Å². The molecule has 0 fully saturated rings. The lowest BCUT2D eigenvalue weighted by Gasteiger charge is -2.38. The van der Waals surface area contributed by atoms with Gasteiger partial charge in [0.1, 0.15) is 11.4 Å². The summed E-state index contributed by atoms with van der Waals surface area (Å²) in [5.74, 6) is 1.44. The molecule has 1 atom stereocenters. The van der Waals surface area contributed by atoms with Crippen molar-refractivity contribution < 1.29 is 9.53 Å². The highest BCUT2D eigenvalue weighted by Gasteiger charge is 2.33. The van der Waals surface area contributed by atoms with Crippen LogP contribution < -0.4 is 20.7 Å². The van der Waals surface area contributed by atoms with E-state index in [2.05, 4.69) is 40.9 Å². The van der Waals surface area contributed by atoms with E-state index >= 15 is 0 Å². The number of benzene rings is 1. The van der Waals surface area contributed by atoms with Crippen molar-refractivity contribution in [1.29, 1.82) is 0 Å². The van der Waals surface area contributed by atoms with Crippen LogP contribution in [0.5, 0.6) is 5.75 Å². The summed E-state index contributed by atoms with van der Waals surface area (Å²) in [5, 5.41) is 9.32. The maximum atomic E-state index is 11.8. The fourth-order valence-corrected chi connectivity index (χ4v) is 2.83. The molecule has 1 amide bonds. The van der Waals surface area contributed by atoms with Gasteiger partial charge in [-0.2, -0.15) is 0 Å². The highest BCUT2D eigenvalue weighted by molar-refractivity contribution is 5.86. The van der Waals surface area contributed by atoms with Gasteiger partial charge in [0, 0.05) is 25.1 Å². The van der Waals surface area contributed by atoms with Gasteiger partial charge < -0.3 is 20.7 Å². The number of fused-ring (bicyclic) bond motifs is 1. The number of hydrogen-bond acceptors (Lipinski definition) is 3. The number of aliphatic imine (C=N–C) groups is 1. The SMILES string of the molecule is CN=C(NCC(=O)NC(C)C)NC1CC(C)(C)Oc2ccccc21. The van der Waals surface area contributed by atoms with Gasteiger partial charge >= 0.3 is 0 Å². The minimum atomic E-state index is -0.264. The molecule has 24 heavy (non-hydrogen) atoms. The Bertz CT molecular complexity index is 611. The first-order valence-electron chi connectivity index (χ1n) is 8.35. The number of guanidine groups is 1. The number of carbonyl (C=O) groups is 1. The average molecular weight is 332 g/mol. The van der Waals surface area contributed by atoms with Crippen LogP contribution in [0.1, 0.15) is 45.7 Å². The first-order chi connectivity index (χ1) is 11.3. The zero-order valence-electron chi connectivity index (χ0n) is 15.1. The highest BCUT2D eigenvalue weighted by Crippen LogP contribution is 2.39. The smallest absolute Gasteiger partial charge is 0.239 e. The Kier molecular flexibility index (Phi) is 5.70. The van der Waals surface area contributed by atoms with Crippen LogP contribution in [0.15, 0.2) is 29.3 Å². The quantitative estimate of drug-likeness (QED) is 0.582. The molecule has 0 spiro atoms. The van der Waals surface area contributed by atoms with Crippen LogP contribution in [0.2, 0.25) is 0 Å². The minimum absolute atomic E-state index is 0.0549. The molecule has 1 aliphatic rings. The zero-order valence-corrected chi connectivity index (χ0v) is 15.1. The Balaban J connectivity index is 2.04. The molecule has 1 unspecified atom stereocenters. The van der Waals surface area contributed by atoms with Crippen LogP contribution in [-0.4, -0.2) is 37.1 Å². The van der Waals surface area contributed by atoms with Gasteiger partial charge in [-0.05, 0) is 33.8 Å². The van der Waals surface area contributed by atoms with E-state index in [4.69, 9.17) is 4.74 Å². The first kappa shape index (κ1) is 18.1. The van der Waals surface area contributed by atoms with Crippen molar-refractivity contribution in [3.05, 3.63) is 29.8 Å². The van der Waals surface area contributed by atoms with E-state index in [1.807, 2.05) is 32.0 Å². The summed E-state index contributed by atoms with van der Waals surface area (Å²) in [6, 6.07) is 8.21. The van der Waals surface area contributed by atoms with Crippen LogP contribution in [0.4, 0.5) is 0 Å². The second kappa shape index (κ2) is 7.55. The predicted octanol–water partition coefficient (Wildman–Crippen LogP) is 1.98. The molecule has 1 aromatic carbocycles. The fourth-order valence-electron chi connectivity index (χ4n) is 2.83. The van der Waals surface area contributed by atoms with Crippen molar-refractivity contribution in [3.8, 4) is 5.75 Å². The van der Waals surface area contributed by atoms with Crippen molar-refractivity contribution in [3.63, 3.8) is 0 Å². The second-order valence-electron chi connectivity index (χ2n) is 6.95. The number of amides is 1. The molecule has 1 heterocycles. The minimum Gasteiger partial charge on any atom is -0.487 e. The number of carbonyl (C=O) groups excluding carboxylic acids is 1. The van der Waals surface area contributed by atoms with E-state index in [-0.39, 0.29) is 30.1 Å². The van der Waals surface area contributed by atoms with Gasteiger partial charge in [0.25, 0.3) is 0 Å². The van der Waals surface area contributed by atoms with Crippen LogP contribution >= 0.6 is 0 Å². The Morgan fingerprint density at radius 2 is 2.08 bits per heavy atom. The second-order valence-corrected chi connectivity index (χ2v) is 6.95. The van der Waals surface area contributed by atoms with Crippen molar-refractivity contribution >= 4 is 11.9 Å². The molecule has 0 aromatic heterocycles. The Labute approximate surface area is 144 Å². The number of rotatable bonds is 4. The molecule has 1 aliphatic heterocycles. The third-order valence-corrected chi connectivity index (χ3v) is 3.78. The third kappa shape index (κ3) is 4.88. The Hall–Kier alpha value is -2.24. The molecule has 0 radical (unpaired) electrons. The van der Waals surface area contributed by atoms with E-state index in [0.717, 1.165) is 17.7 Å². The van der Waals surface area contributed by atoms with Crippen LogP contribution in [0, 0.1) is 0 Å². The van der Waals surface area contributed by atoms with Crippen LogP contribution in [-0.2, 0) is 4.79 Å². The average Bonchev–Trinajstić information content (AvgIpc) is 2.49. The zero-order chi connectivity index (χ0) is 17.7. The number of ether oxygens (including phenoxy) is 1. The summed E-state index contributed by atoms with van der Waals surface area (Å²) in [6.45, 7) is 8.21. The summed E-state index contributed by atoms with van der Waals surface area (Å²) in [6.07, 6.45) is 0.808. The molecule has 2 rings (SSSR count). The van der Waals surface area contributed by atoms with Crippen molar-refractivity contribution in [2.75, 3.05) is 13.6 Å². The van der Waals surface area contributed by atoms with Gasteiger partial charge in [-0.15, -0.1) is 0 Å². The standard InChI is InChI=1S/C18H28N4O2/c1-12(2)21-16(23)11-20-17(19-5)22-14-10-18(3,4)24-15-9-7-6-8-13(14)15/h6-9,12,14H,10-11H2,1-5H3,(H,21,23)(H2,19,20,22). The van der Waals surface area contributed by atoms with Crippen LogP contribution in [0.25, 0.3) is 0 Å². The molecular formula is C18H28N4O2. The van der Waals surface area contributed by atoms with Gasteiger partial charge in [-0.3, -0.25) is 9.79 Å². The molecule has 0 bridgehead atoms. The van der Waals surface area contributed by atoms with Gasteiger partial charge in [0.05, 0.1) is 12.6 Å². The predicted molar refractivity (Wildman–Crippen MR) is 96.3 cm³/mol. The summed E-state index contributed by atoms with van der Waals surface area (Å²) in [7, 11) is 1.70. The fraction of sp³-hybridized carbons (Fsp3) is 0.556. The summed E-state index contributed by atoms with van der Waals surface area (Å²) in [4.78, 5) is 16.0. The maximum absolute atomic E-state index is 11.8. The Morgan fingerprint density at radius 1 is 1.38 bits per heavy atom. The molecule has 0 saturated carbocycles. The van der Waals surface area contributed by atoms with E-state index in [9.17, 15) is 4.79 Å². The normalized spacial score (nSPS) is 19.2. The monoisotopic (exact) mass is 332 g/mol. The van der Waals surface area contributed by atoms with E-state index in [1.165, 1.54) is 0 Å². The number of para-hydroxylation sites is 1. The summed E-state index contributed by atoms with van der Waals surface area (Å²) < 4.78 is 6.04. The topological polar surface area (TPSA) is 74.8 Å². The number of nitrogens with zero attached hydrogens (tertiary/aromatic N) is 1. The first-order valence-corrected chi connectivity index (χ1v) is 8.35. The lowest BCUT2D eigenvalue weighted by Crippen LogP contribution is -2.48. The molecule has 0 saturated heterocycles. The maximum Gasteiger partial charge on any atom is 0.239 e. The molecule has 3 N–H and O–H groups in total. The highest BCUT2D eigenvalue weighted by atomic mass is 16.5. The summed E-state index contributed by atoms with van der Waals surface area (Å²) in [5.41, 5.74) is 0.839. The molecular weight excluding hydrogens is 304 g/mol. The van der Waals surface area contributed by atoms with Gasteiger partial charge in [-0.1, -0.05) is 18.2 Å². The van der Waals surface area contributed by atoms with Gasteiger partial charge in [-0.25, -0.2) is 0 Å². The third-order valence-electron chi connectivity index (χ3n) is 3.78. The van der Waals surface area contributed by atoms with Gasteiger partial charge in [0.2, 0.25) is 5.91 Å². The van der Waals surface area contributed by atoms with Crippen molar-refractivity contribution in [1.82, 2.24) is 16.0 Å². The van der Waals surface area contributed by atoms with Crippen LogP contribution in [0.3, 0.4) is 0 Å². The number of hydrogen-bond donors (Lipinski definition) is 3.